The summed E-state index contributed by atoms with van der Waals surface area (Å²) in [7, 11) is 0. The van der Waals surface area contributed by atoms with E-state index in [9.17, 15) is 0 Å². The van der Waals surface area contributed by atoms with Crippen molar-refractivity contribution in [3.63, 3.8) is 0 Å². The summed E-state index contributed by atoms with van der Waals surface area (Å²) in [5, 5.41) is 3.83. The van der Waals surface area contributed by atoms with E-state index in [1.165, 1.54) is 43.7 Å². The van der Waals surface area contributed by atoms with Gasteiger partial charge in [0.15, 0.2) is 0 Å². The summed E-state index contributed by atoms with van der Waals surface area (Å²) in [5.41, 5.74) is 2.82. The Morgan fingerprint density at radius 3 is 2.78 bits per heavy atom. The predicted octanol–water partition coefficient (Wildman–Crippen LogP) is 3.32. The normalized spacial score (nSPS) is 30.7. The van der Waals surface area contributed by atoms with Crippen molar-refractivity contribution >= 4 is 5.69 Å². The Balaban J connectivity index is 1.76. The number of nitrogens with zero attached hydrogens (tertiary/aromatic N) is 1. The number of piperidine rings is 1. The number of hydrogen-bond acceptors (Lipinski definition) is 2. The minimum atomic E-state index is 0.595. The van der Waals surface area contributed by atoms with Crippen molar-refractivity contribution in [1.29, 1.82) is 0 Å². The van der Waals surface area contributed by atoms with Crippen molar-refractivity contribution in [1.82, 2.24) is 4.90 Å². The number of anilines is 1. The van der Waals surface area contributed by atoms with Gasteiger partial charge in [0.1, 0.15) is 0 Å². The van der Waals surface area contributed by atoms with Gasteiger partial charge in [-0.1, -0.05) is 32.0 Å². The van der Waals surface area contributed by atoms with Gasteiger partial charge in [-0.05, 0) is 42.9 Å². The molecule has 2 aliphatic rings. The Kier molecular flexibility index (Phi) is 3.29. The molecule has 0 spiro atoms. The first-order chi connectivity index (χ1) is 8.74. The number of fused-ring (bicyclic) bond motifs is 2. The van der Waals surface area contributed by atoms with Gasteiger partial charge < -0.3 is 10.2 Å². The predicted molar refractivity (Wildman–Crippen MR) is 77.1 cm³/mol. The monoisotopic (exact) mass is 244 g/mol. The lowest BCUT2D eigenvalue weighted by molar-refractivity contribution is 0.255. The molecule has 3 rings (SSSR count). The second-order valence-corrected chi connectivity index (χ2v) is 6.13. The van der Waals surface area contributed by atoms with E-state index in [0.717, 1.165) is 5.92 Å². The second-order valence-electron chi connectivity index (χ2n) is 6.13. The molecule has 1 N–H and O–H groups in total. The van der Waals surface area contributed by atoms with Gasteiger partial charge in [0.25, 0.3) is 0 Å². The Morgan fingerprint density at radius 2 is 1.94 bits per heavy atom. The standard InChI is InChI=1S/C16H24N2/c1-12(2)14-5-3-4-6-16(14)17-15-8-10-18-9-7-13(15)11-18/h3-6,12-13,15,17H,7-11H2,1-2H3. The Morgan fingerprint density at radius 1 is 1.17 bits per heavy atom. The summed E-state index contributed by atoms with van der Waals surface area (Å²) < 4.78 is 0. The highest BCUT2D eigenvalue weighted by molar-refractivity contribution is 5.53. The molecule has 18 heavy (non-hydrogen) atoms. The molecule has 0 amide bonds. The van der Waals surface area contributed by atoms with Crippen LogP contribution in [0.2, 0.25) is 0 Å². The summed E-state index contributed by atoms with van der Waals surface area (Å²) in [6.07, 6.45) is 2.68. The maximum atomic E-state index is 3.83. The molecular weight excluding hydrogens is 220 g/mol. The fraction of sp³-hybridized carbons (Fsp3) is 0.625. The molecule has 1 aromatic rings. The van der Waals surface area contributed by atoms with Crippen molar-refractivity contribution < 1.29 is 0 Å². The summed E-state index contributed by atoms with van der Waals surface area (Å²) in [6.45, 7) is 8.45. The van der Waals surface area contributed by atoms with Crippen LogP contribution in [0.1, 0.15) is 38.2 Å². The van der Waals surface area contributed by atoms with Crippen molar-refractivity contribution in [2.45, 2.75) is 38.6 Å². The van der Waals surface area contributed by atoms with E-state index in [4.69, 9.17) is 0 Å². The van der Waals surface area contributed by atoms with Crippen molar-refractivity contribution in [2.75, 3.05) is 25.0 Å². The first-order valence-electron chi connectivity index (χ1n) is 7.32. The van der Waals surface area contributed by atoms with Crippen LogP contribution in [0, 0.1) is 5.92 Å². The SMILES string of the molecule is CC(C)c1ccccc1NC1CCN2CCC1C2. The maximum Gasteiger partial charge on any atom is 0.0377 e. The van der Waals surface area contributed by atoms with E-state index < -0.39 is 0 Å². The minimum absolute atomic E-state index is 0.595. The van der Waals surface area contributed by atoms with Gasteiger partial charge >= 0.3 is 0 Å². The van der Waals surface area contributed by atoms with Gasteiger partial charge in [0, 0.05) is 24.8 Å². The molecule has 0 radical (unpaired) electrons. The minimum Gasteiger partial charge on any atom is -0.382 e. The molecule has 2 heteroatoms. The van der Waals surface area contributed by atoms with Gasteiger partial charge in [0.2, 0.25) is 0 Å². The third kappa shape index (κ3) is 2.26. The van der Waals surface area contributed by atoms with Crippen molar-refractivity contribution in [3.05, 3.63) is 29.8 Å². The molecule has 1 aromatic carbocycles. The van der Waals surface area contributed by atoms with Crippen LogP contribution >= 0.6 is 0 Å². The molecule has 3 unspecified atom stereocenters. The molecule has 0 saturated carbocycles. The Bertz CT molecular complexity index is 413. The number of rotatable bonds is 3. The van der Waals surface area contributed by atoms with Crippen LogP contribution in [0.5, 0.6) is 0 Å². The van der Waals surface area contributed by atoms with Crippen LogP contribution in [0.15, 0.2) is 24.3 Å². The molecule has 2 saturated heterocycles. The van der Waals surface area contributed by atoms with E-state index in [-0.39, 0.29) is 0 Å². The first kappa shape index (κ1) is 12.0. The van der Waals surface area contributed by atoms with Gasteiger partial charge in [-0.2, -0.15) is 0 Å². The molecule has 2 heterocycles. The lowest BCUT2D eigenvalue weighted by Gasteiger charge is -2.32. The summed E-state index contributed by atoms with van der Waals surface area (Å²) in [4.78, 5) is 2.61. The maximum absolute atomic E-state index is 3.83. The Labute approximate surface area is 110 Å². The fourth-order valence-corrected chi connectivity index (χ4v) is 3.47. The summed E-state index contributed by atoms with van der Waals surface area (Å²) in [6, 6.07) is 9.49. The van der Waals surface area contributed by atoms with E-state index in [0.29, 0.717) is 12.0 Å². The molecule has 2 bridgehead atoms. The van der Waals surface area contributed by atoms with Gasteiger partial charge in [-0.3, -0.25) is 0 Å². The highest BCUT2D eigenvalue weighted by Crippen LogP contribution is 2.31. The third-order valence-corrected chi connectivity index (χ3v) is 4.56. The number of benzene rings is 1. The summed E-state index contributed by atoms with van der Waals surface area (Å²) >= 11 is 0. The molecule has 0 aliphatic carbocycles. The second kappa shape index (κ2) is 4.93. The molecule has 2 fully saturated rings. The molecule has 98 valence electrons. The largest absolute Gasteiger partial charge is 0.382 e. The molecule has 3 atom stereocenters. The molecular formula is C16H24N2. The fourth-order valence-electron chi connectivity index (χ4n) is 3.47. The highest BCUT2D eigenvalue weighted by atomic mass is 15.2. The average molecular weight is 244 g/mol. The van der Waals surface area contributed by atoms with Crippen LogP contribution in [0.4, 0.5) is 5.69 Å². The van der Waals surface area contributed by atoms with Crippen LogP contribution < -0.4 is 5.32 Å². The van der Waals surface area contributed by atoms with E-state index in [1.54, 1.807) is 0 Å². The lowest BCUT2D eigenvalue weighted by Crippen LogP contribution is -2.39. The van der Waals surface area contributed by atoms with Gasteiger partial charge in [0.05, 0.1) is 0 Å². The van der Waals surface area contributed by atoms with E-state index in [2.05, 4.69) is 48.3 Å². The topological polar surface area (TPSA) is 15.3 Å². The van der Waals surface area contributed by atoms with Gasteiger partial charge in [-0.25, -0.2) is 0 Å². The van der Waals surface area contributed by atoms with Crippen LogP contribution in [0.25, 0.3) is 0 Å². The summed E-state index contributed by atoms with van der Waals surface area (Å²) in [5.74, 6) is 1.45. The number of para-hydroxylation sites is 1. The van der Waals surface area contributed by atoms with Crippen LogP contribution in [-0.2, 0) is 0 Å². The van der Waals surface area contributed by atoms with Crippen molar-refractivity contribution in [2.24, 2.45) is 5.92 Å². The van der Waals surface area contributed by atoms with E-state index >= 15 is 0 Å². The quantitative estimate of drug-likeness (QED) is 0.877. The zero-order chi connectivity index (χ0) is 12.5. The number of hydrogen-bond donors (Lipinski definition) is 1. The third-order valence-electron chi connectivity index (χ3n) is 4.56. The van der Waals surface area contributed by atoms with Gasteiger partial charge in [-0.15, -0.1) is 0 Å². The Hall–Kier alpha value is -1.02. The lowest BCUT2D eigenvalue weighted by atomic mass is 9.92. The molecule has 0 aromatic heterocycles. The highest BCUT2D eigenvalue weighted by Gasteiger charge is 2.34. The molecule has 2 nitrogen and oxygen atoms in total. The van der Waals surface area contributed by atoms with Crippen LogP contribution in [0.3, 0.4) is 0 Å². The molecule has 2 aliphatic heterocycles. The van der Waals surface area contributed by atoms with Crippen molar-refractivity contribution in [3.8, 4) is 0 Å². The zero-order valence-electron chi connectivity index (χ0n) is 11.5. The zero-order valence-corrected chi connectivity index (χ0v) is 11.5. The van der Waals surface area contributed by atoms with Crippen LogP contribution in [-0.4, -0.2) is 30.6 Å². The number of nitrogens with one attached hydrogen (secondary N) is 1. The van der Waals surface area contributed by atoms with E-state index in [1.807, 2.05) is 0 Å². The first-order valence-corrected chi connectivity index (χ1v) is 7.32. The average Bonchev–Trinajstić information content (AvgIpc) is 2.76. The smallest absolute Gasteiger partial charge is 0.0377 e.